The molecule has 0 amide bonds. The lowest BCUT2D eigenvalue weighted by molar-refractivity contribution is -0.385. The van der Waals surface area contributed by atoms with Gasteiger partial charge in [0.2, 0.25) is 11.5 Å². The fourth-order valence-corrected chi connectivity index (χ4v) is 2.35. The van der Waals surface area contributed by atoms with Crippen LogP contribution < -0.4 is 0 Å². The van der Waals surface area contributed by atoms with Crippen molar-refractivity contribution in [1.82, 2.24) is 0 Å². The number of ether oxygens (including phenoxy) is 1. The number of hydrogen-bond acceptors (Lipinski definition) is 6. The Balaban J connectivity index is 1.70. The SMILES string of the molecule is Cc1ccc(C(=O)COC(=O)c2cc3ccccc3o2)cc1[N+](=O)[O-]. The van der Waals surface area contributed by atoms with E-state index in [2.05, 4.69) is 0 Å². The van der Waals surface area contributed by atoms with Crippen molar-refractivity contribution in [3.63, 3.8) is 0 Å². The molecule has 7 heteroatoms. The Morgan fingerprint density at radius 2 is 1.92 bits per heavy atom. The minimum atomic E-state index is -0.772. The van der Waals surface area contributed by atoms with E-state index in [0.717, 1.165) is 5.39 Å². The molecule has 7 nitrogen and oxygen atoms in total. The zero-order valence-corrected chi connectivity index (χ0v) is 13.2. The molecule has 0 atom stereocenters. The van der Waals surface area contributed by atoms with E-state index >= 15 is 0 Å². The summed E-state index contributed by atoms with van der Waals surface area (Å²) in [5.74, 6) is -1.32. The van der Waals surface area contributed by atoms with Crippen molar-refractivity contribution in [2.24, 2.45) is 0 Å². The molecule has 2 aromatic carbocycles. The molecule has 0 aliphatic heterocycles. The van der Waals surface area contributed by atoms with E-state index in [0.29, 0.717) is 11.1 Å². The fourth-order valence-electron chi connectivity index (χ4n) is 2.35. The first kappa shape index (κ1) is 16.4. The molecule has 0 spiro atoms. The summed E-state index contributed by atoms with van der Waals surface area (Å²) in [5, 5.41) is 11.7. The normalized spacial score (nSPS) is 10.6. The van der Waals surface area contributed by atoms with Gasteiger partial charge in [-0.25, -0.2) is 4.79 Å². The van der Waals surface area contributed by atoms with Crippen molar-refractivity contribution >= 4 is 28.4 Å². The molecule has 126 valence electrons. The topological polar surface area (TPSA) is 99.7 Å². The largest absolute Gasteiger partial charge is 0.451 e. The number of carbonyl (C=O) groups excluding carboxylic acids is 2. The first-order valence-electron chi connectivity index (χ1n) is 7.39. The number of furan rings is 1. The number of fused-ring (bicyclic) bond motifs is 1. The lowest BCUT2D eigenvalue weighted by atomic mass is 10.1. The second-order valence-electron chi connectivity index (χ2n) is 5.41. The molecular weight excluding hydrogens is 326 g/mol. The van der Waals surface area contributed by atoms with E-state index < -0.39 is 23.3 Å². The number of nitro groups is 1. The Kier molecular flexibility index (Phi) is 4.30. The number of nitro benzene ring substituents is 1. The average Bonchev–Trinajstić information content (AvgIpc) is 3.03. The summed E-state index contributed by atoms with van der Waals surface area (Å²) in [5.41, 5.74) is 0.930. The van der Waals surface area contributed by atoms with Gasteiger partial charge in [0.1, 0.15) is 5.58 Å². The van der Waals surface area contributed by atoms with Crippen LogP contribution in [-0.4, -0.2) is 23.3 Å². The molecule has 1 aromatic heterocycles. The summed E-state index contributed by atoms with van der Waals surface area (Å²) in [6, 6.07) is 12.7. The van der Waals surface area contributed by atoms with Gasteiger partial charge in [0, 0.05) is 22.6 Å². The predicted octanol–water partition coefficient (Wildman–Crippen LogP) is 3.69. The maximum Gasteiger partial charge on any atom is 0.374 e. The molecule has 0 aliphatic carbocycles. The third kappa shape index (κ3) is 3.40. The van der Waals surface area contributed by atoms with E-state index in [1.54, 1.807) is 31.2 Å². The van der Waals surface area contributed by atoms with Crippen molar-refractivity contribution in [1.29, 1.82) is 0 Å². The van der Waals surface area contributed by atoms with Gasteiger partial charge in [0.15, 0.2) is 6.61 Å². The van der Waals surface area contributed by atoms with Crippen LogP contribution in [0.3, 0.4) is 0 Å². The lowest BCUT2D eigenvalue weighted by Crippen LogP contribution is -2.14. The molecule has 0 unspecified atom stereocenters. The zero-order chi connectivity index (χ0) is 18.0. The molecule has 3 aromatic rings. The maximum absolute atomic E-state index is 12.1. The van der Waals surface area contributed by atoms with Crippen LogP contribution in [0.2, 0.25) is 0 Å². The number of rotatable bonds is 5. The van der Waals surface area contributed by atoms with Crippen molar-refractivity contribution in [3.05, 3.63) is 75.5 Å². The van der Waals surface area contributed by atoms with Crippen LogP contribution >= 0.6 is 0 Å². The minimum Gasteiger partial charge on any atom is -0.451 e. The molecule has 25 heavy (non-hydrogen) atoms. The average molecular weight is 339 g/mol. The molecule has 0 saturated carbocycles. The Bertz CT molecular complexity index is 955. The number of hydrogen-bond donors (Lipinski definition) is 0. The minimum absolute atomic E-state index is 0.0103. The standard InChI is InChI=1S/C18H13NO6/c1-11-6-7-12(8-14(11)19(22)23)15(20)10-24-18(21)17-9-13-4-2-3-5-16(13)25-17/h2-9H,10H2,1H3. The van der Waals surface area contributed by atoms with Gasteiger partial charge in [-0.2, -0.15) is 0 Å². The summed E-state index contributed by atoms with van der Waals surface area (Å²) in [7, 11) is 0. The summed E-state index contributed by atoms with van der Waals surface area (Å²) in [4.78, 5) is 34.5. The Labute approximate surface area is 142 Å². The highest BCUT2D eigenvalue weighted by Crippen LogP contribution is 2.21. The number of Topliss-reactive ketones (excluding diaryl/α,β-unsaturated/α-hetero) is 1. The number of para-hydroxylation sites is 1. The monoisotopic (exact) mass is 339 g/mol. The van der Waals surface area contributed by atoms with Crippen LogP contribution in [0, 0.1) is 17.0 Å². The van der Waals surface area contributed by atoms with E-state index in [-0.39, 0.29) is 17.0 Å². The van der Waals surface area contributed by atoms with E-state index in [9.17, 15) is 19.7 Å². The molecular formula is C18H13NO6. The van der Waals surface area contributed by atoms with Crippen LogP contribution in [0.1, 0.15) is 26.5 Å². The fraction of sp³-hybridized carbons (Fsp3) is 0.111. The van der Waals surface area contributed by atoms with Crippen LogP contribution in [-0.2, 0) is 4.74 Å². The third-order valence-electron chi connectivity index (χ3n) is 3.69. The highest BCUT2D eigenvalue weighted by molar-refractivity contribution is 6.00. The number of nitrogens with zero attached hydrogens (tertiary/aromatic N) is 1. The molecule has 0 bridgehead atoms. The number of aryl methyl sites for hydroxylation is 1. The van der Waals surface area contributed by atoms with Crippen LogP contribution in [0.15, 0.2) is 52.9 Å². The smallest absolute Gasteiger partial charge is 0.374 e. The number of esters is 1. The van der Waals surface area contributed by atoms with E-state index in [1.807, 2.05) is 0 Å². The van der Waals surface area contributed by atoms with Crippen molar-refractivity contribution in [2.45, 2.75) is 6.92 Å². The quantitative estimate of drug-likeness (QED) is 0.304. The van der Waals surface area contributed by atoms with Gasteiger partial charge in [-0.1, -0.05) is 30.3 Å². The van der Waals surface area contributed by atoms with Crippen LogP contribution in [0.25, 0.3) is 11.0 Å². The molecule has 0 aliphatic rings. The molecule has 0 radical (unpaired) electrons. The number of benzene rings is 2. The van der Waals surface area contributed by atoms with Crippen LogP contribution in [0.4, 0.5) is 5.69 Å². The number of ketones is 1. The van der Waals surface area contributed by atoms with Gasteiger partial charge in [-0.05, 0) is 19.1 Å². The number of carbonyl (C=O) groups is 2. The van der Waals surface area contributed by atoms with E-state index in [4.69, 9.17) is 9.15 Å². The van der Waals surface area contributed by atoms with Crippen molar-refractivity contribution in [3.8, 4) is 0 Å². The molecule has 0 N–H and O–H groups in total. The summed E-state index contributed by atoms with van der Waals surface area (Å²) < 4.78 is 10.3. The van der Waals surface area contributed by atoms with Gasteiger partial charge in [-0.15, -0.1) is 0 Å². The highest BCUT2D eigenvalue weighted by atomic mass is 16.6. The van der Waals surface area contributed by atoms with Gasteiger partial charge in [-0.3, -0.25) is 14.9 Å². The van der Waals surface area contributed by atoms with Crippen LogP contribution in [0.5, 0.6) is 0 Å². The van der Waals surface area contributed by atoms with Gasteiger partial charge in [0.05, 0.1) is 4.92 Å². The third-order valence-corrected chi connectivity index (χ3v) is 3.69. The summed E-state index contributed by atoms with van der Waals surface area (Å²) in [6.07, 6.45) is 0. The first-order chi connectivity index (χ1) is 12.0. The zero-order valence-electron chi connectivity index (χ0n) is 13.2. The molecule has 3 rings (SSSR count). The Morgan fingerprint density at radius 1 is 1.16 bits per heavy atom. The lowest BCUT2D eigenvalue weighted by Gasteiger charge is -2.04. The van der Waals surface area contributed by atoms with E-state index in [1.165, 1.54) is 24.3 Å². The highest BCUT2D eigenvalue weighted by Gasteiger charge is 2.18. The first-order valence-corrected chi connectivity index (χ1v) is 7.39. The molecule has 0 fully saturated rings. The van der Waals surface area contributed by atoms with Gasteiger partial charge >= 0.3 is 5.97 Å². The van der Waals surface area contributed by atoms with Gasteiger partial charge < -0.3 is 9.15 Å². The molecule has 0 saturated heterocycles. The Morgan fingerprint density at radius 3 is 2.64 bits per heavy atom. The van der Waals surface area contributed by atoms with Crippen molar-refractivity contribution < 1.29 is 23.7 Å². The molecule has 1 heterocycles. The second kappa shape index (κ2) is 6.56. The second-order valence-corrected chi connectivity index (χ2v) is 5.41. The van der Waals surface area contributed by atoms with Gasteiger partial charge in [0.25, 0.3) is 5.69 Å². The maximum atomic E-state index is 12.1. The summed E-state index contributed by atoms with van der Waals surface area (Å²) in [6.45, 7) is 1.05. The van der Waals surface area contributed by atoms with Crippen molar-refractivity contribution in [2.75, 3.05) is 6.61 Å². The predicted molar refractivity (Wildman–Crippen MR) is 88.7 cm³/mol. The summed E-state index contributed by atoms with van der Waals surface area (Å²) >= 11 is 0. The Hall–Kier alpha value is -3.48.